The lowest BCUT2D eigenvalue weighted by atomic mass is 9.92. The molecule has 1 aromatic heterocycles. The summed E-state index contributed by atoms with van der Waals surface area (Å²) >= 11 is 1.60. The van der Waals surface area contributed by atoms with Gasteiger partial charge in [-0.05, 0) is 32.8 Å². The molecule has 6 nitrogen and oxygen atoms in total. The highest BCUT2D eigenvalue weighted by atomic mass is 32.1. The number of aromatic nitrogens is 1. The fourth-order valence-corrected chi connectivity index (χ4v) is 5.14. The van der Waals surface area contributed by atoms with E-state index in [1.165, 1.54) is 0 Å². The van der Waals surface area contributed by atoms with Crippen LogP contribution in [0.2, 0.25) is 0 Å². The summed E-state index contributed by atoms with van der Waals surface area (Å²) in [7, 11) is 0. The summed E-state index contributed by atoms with van der Waals surface area (Å²) in [6.45, 7) is 5.15. The molecule has 0 spiro atoms. The van der Waals surface area contributed by atoms with Crippen LogP contribution in [0.4, 0.5) is 0 Å². The number of ether oxygens (including phenoxy) is 3. The largest absolute Gasteiger partial charge is 0.490 e. The first-order valence-corrected chi connectivity index (χ1v) is 10.6. The highest BCUT2D eigenvalue weighted by molar-refractivity contribution is 7.09. The van der Waals surface area contributed by atoms with E-state index < -0.39 is 5.72 Å². The van der Waals surface area contributed by atoms with Crippen LogP contribution < -0.4 is 4.74 Å². The monoisotopic (exact) mass is 400 g/mol. The zero-order valence-electron chi connectivity index (χ0n) is 16.0. The number of epoxide rings is 1. The molecule has 148 valence electrons. The Morgan fingerprint density at radius 3 is 2.93 bits per heavy atom. The SMILES string of the molecule is CC1(C)O[C@@H]2COc3ccccc3[C@@H]2N1C(=O)[C@H](Cc1cncs1)C[C@H]1CO1. The van der Waals surface area contributed by atoms with Crippen molar-refractivity contribution in [3.8, 4) is 5.75 Å². The predicted octanol–water partition coefficient (Wildman–Crippen LogP) is 3.19. The van der Waals surface area contributed by atoms with Crippen LogP contribution in [0.5, 0.6) is 5.75 Å². The van der Waals surface area contributed by atoms with Gasteiger partial charge in [0.1, 0.15) is 24.2 Å². The van der Waals surface area contributed by atoms with E-state index in [1.807, 2.05) is 54.7 Å². The van der Waals surface area contributed by atoms with Gasteiger partial charge in [-0.1, -0.05) is 18.2 Å². The first-order valence-electron chi connectivity index (χ1n) is 9.74. The number of carbonyl (C=O) groups is 1. The normalized spacial score (nSPS) is 28.2. The average molecular weight is 401 g/mol. The molecule has 2 aromatic rings. The zero-order valence-corrected chi connectivity index (χ0v) is 16.9. The summed E-state index contributed by atoms with van der Waals surface area (Å²) in [6.07, 6.45) is 3.31. The van der Waals surface area contributed by atoms with Crippen molar-refractivity contribution in [3.05, 3.63) is 46.4 Å². The van der Waals surface area contributed by atoms with E-state index in [4.69, 9.17) is 14.2 Å². The molecule has 0 unspecified atom stereocenters. The standard InChI is InChI=1S/C21H24N2O4S/c1-21(2)23(19-16-5-3-4-6-17(16)26-11-18(19)27-21)20(24)13(7-14-10-25-14)8-15-9-22-12-28-15/h3-6,9,12-14,18-19H,7-8,10-11H2,1-2H3/t13-,14-,18+,19-/m0/s1. The summed E-state index contributed by atoms with van der Waals surface area (Å²) < 4.78 is 17.6. The van der Waals surface area contributed by atoms with E-state index in [0.29, 0.717) is 13.0 Å². The van der Waals surface area contributed by atoms with Crippen molar-refractivity contribution in [2.24, 2.45) is 5.92 Å². The molecular formula is C21H24N2O4S. The molecule has 28 heavy (non-hydrogen) atoms. The molecule has 0 radical (unpaired) electrons. The molecule has 1 aromatic carbocycles. The van der Waals surface area contributed by atoms with Gasteiger partial charge >= 0.3 is 0 Å². The number of para-hydroxylation sites is 1. The lowest BCUT2D eigenvalue weighted by molar-refractivity contribution is -0.152. The van der Waals surface area contributed by atoms with Crippen LogP contribution in [-0.4, -0.2) is 46.9 Å². The molecular weight excluding hydrogens is 376 g/mol. The van der Waals surface area contributed by atoms with Crippen LogP contribution >= 0.6 is 11.3 Å². The number of carbonyl (C=O) groups excluding carboxylic acids is 1. The zero-order chi connectivity index (χ0) is 19.3. The number of benzene rings is 1. The third-order valence-electron chi connectivity index (χ3n) is 5.76. The molecule has 0 aliphatic carbocycles. The number of amides is 1. The van der Waals surface area contributed by atoms with Crippen molar-refractivity contribution in [2.75, 3.05) is 13.2 Å². The average Bonchev–Trinajstić information content (AvgIpc) is 3.24. The molecule has 3 aliphatic rings. The Morgan fingerprint density at radius 1 is 1.36 bits per heavy atom. The number of nitrogens with zero attached hydrogens (tertiary/aromatic N) is 2. The lowest BCUT2D eigenvalue weighted by Crippen LogP contribution is -2.48. The van der Waals surface area contributed by atoms with Gasteiger partial charge in [0, 0.05) is 22.6 Å². The summed E-state index contributed by atoms with van der Waals surface area (Å²) in [5.41, 5.74) is 2.15. The second-order valence-corrected chi connectivity index (χ2v) is 9.14. The topological polar surface area (TPSA) is 64.2 Å². The van der Waals surface area contributed by atoms with Gasteiger partial charge in [0.25, 0.3) is 0 Å². The van der Waals surface area contributed by atoms with Gasteiger partial charge < -0.3 is 19.1 Å². The minimum Gasteiger partial charge on any atom is -0.490 e. The third-order valence-corrected chi connectivity index (χ3v) is 6.56. The van der Waals surface area contributed by atoms with Crippen molar-refractivity contribution < 1.29 is 19.0 Å². The summed E-state index contributed by atoms with van der Waals surface area (Å²) in [6, 6.07) is 7.83. The maximum absolute atomic E-state index is 13.8. The van der Waals surface area contributed by atoms with Crippen LogP contribution in [0.1, 0.15) is 36.8 Å². The van der Waals surface area contributed by atoms with Gasteiger partial charge in [-0.2, -0.15) is 0 Å². The van der Waals surface area contributed by atoms with E-state index in [0.717, 1.165) is 29.2 Å². The fourth-order valence-electron chi connectivity index (χ4n) is 4.46. The van der Waals surface area contributed by atoms with Crippen LogP contribution in [0, 0.1) is 5.92 Å². The van der Waals surface area contributed by atoms with Crippen LogP contribution in [0.15, 0.2) is 36.0 Å². The van der Waals surface area contributed by atoms with Gasteiger partial charge in [-0.3, -0.25) is 9.78 Å². The van der Waals surface area contributed by atoms with Crippen LogP contribution in [0.3, 0.4) is 0 Å². The molecule has 4 heterocycles. The maximum atomic E-state index is 13.8. The second-order valence-electron chi connectivity index (χ2n) is 8.16. The molecule has 0 N–H and O–H groups in total. The minimum absolute atomic E-state index is 0.123. The van der Waals surface area contributed by atoms with E-state index in [2.05, 4.69) is 4.98 Å². The first-order chi connectivity index (χ1) is 13.5. The molecule has 5 rings (SSSR count). The maximum Gasteiger partial charge on any atom is 0.228 e. The first kappa shape index (κ1) is 18.1. The molecule has 2 fully saturated rings. The molecule has 1 amide bonds. The Kier molecular flexibility index (Phi) is 4.41. The van der Waals surface area contributed by atoms with Crippen molar-refractivity contribution >= 4 is 17.2 Å². The molecule has 7 heteroatoms. The quantitative estimate of drug-likeness (QED) is 0.722. The van der Waals surface area contributed by atoms with Gasteiger partial charge in [-0.25, -0.2) is 0 Å². The van der Waals surface area contributed by atoms with Gasteiger partial charge in [0.15, 0.2) is 0 Å². The number of hydrogen-bond acceptors (Lipinski definition) is 6. The van der Waals surface area contributed by atoms with Crippen LogP contribution in [-0.2, 0) is 20.7 Å². The highest BCUT2D eigenvalue weighted by Crippen LogP contribution is 2.48. The highest BCUT2D eigenvalue weighted by Gasteiger charge is 2.54. The molecule has 4 atom stereocenters. The molecule has 0 saturated carbocycles. The Labute approximate surface area is 168 Å². The van der Waals surface area contributed by atoms with E-state index >= 15 is 0 Å². The fraction of sp³-hybridized carbons (Fsp3) is 0.524. The Bertz CT molecular complexity index is 865. The molecule has 3 aliphatic heterocycles. The Hall–Kier alpha value is -1.96. The smallest absolute Gasteiger partial charge is 0.228 e. The third kappa shape index (κ3) is 3.21. The van der Waals surface area contributed by atoms with Crippen LogP contribution in [0.25, 0.3) is 0 Å². The summed E-state index contributed by atoms with van der Waals surface area (Å²) in [5, 5.41) is 0. The summed E-state index contributed by atoms with van der Waals surface area (Å²) in [4.78, 5) is 21.1. The van der Waals surface area contributed by atoms with Crippen molar-refractivity contribution in [1.82, 2.24) is 9.88 Å². The van der Waals surface area contributed by atoms with E-state index in [-0.39, 0.29) is 30.1 Å². The van der Waals surface area contributed by atoms with Gasteiger partial charge in [-0.15, -0.1) is 11.3 Å². The van der Waals surface area contributed by atoms with Crippen molar-refractivity contribution in [3.63, 3.8) is 0 Å². The van der Waals surface area contributed by atoms with Crippen molar-refractivity contribution in [1.29, 1.82) is 0 Å². The second kappa shape index (κ2) is 6.83. The Balaban J connectivity index is 1.48. The Morgan fingerprint density at radius 2 is 2.18 bits per heavy atom. The molecule has 2 saturated heterocycles. The number of hydrogen-bond donors (Lipinski definition) is 0. The van der Waals surface area contributed by atoms with E-state index in [9.17, 15) is 4.79 Å². The van der Waals surface area contributed by atoms with Crippen molar-refractivity contribution in [2.45, 2.75) is 50.7 Å². The van der Waals surface area contributed by atoms with Gasteiger partial charge in [0.05, 0.1) is 24.3 Å². The van der Waals surface area contributed by atoms with Gasteiger partial charge in [0.2, 0.25) is 5.91 Å². The number of thiazole rings is 1. The number of fused-ring (bicyclic) bond motifs is 3. The van der Waals surface area contributed by atoms with E-state index in [1.54, 1.807) is 11.3 Å². The summed E-state index contributed by atoms with van der Waals surface area (Å²) in [5.74, 6) is 0.815. The lowest BCUT2D eigenvalue weighted by Gasteiger charge is -2.37. The minimum atomic E-state index is -0.691. The molecule has 0 bridgehead atoms. The number of rotatable bonds is 5. The predicted molar refractivity (Wildman–Crippen MR) is 104 cm³/mol.